The molecule has 0 unspecified atom stereocenters. The SMILES string of the molecule is CC(C)[C@@H]1CN(C(=O)Cc2cccnc2)C[C@H]1NS(=O)(=O)N(C)C. The van der Waals surface area contributed by atoms with E-state index in [9.17, 15) is 13.2 Å². The molecule has 1 aliphatic rings. The Kier molecular flexibility index (Phi) is 5.95. The van der Waals surface area contributed by atoms with Crippen molar-refractivity contribution in [3.8, 4) is 0 Å². The molecule has 1 N–H and O–H groups in total. The first-order valence-corrected chi connectivity index (χ1v) is 9.51. The van der Waals surface area contributed by atoms with Crippen LogP contribution in [0.3, 0.4) is 0 Å². The largest absolute Gasteiger partial charge is 0.340 e. The maximum atomic E-state index is 12.5. The van der Waals surface area contributed by atoms with E-state index in [0.29, 0.717) is 13.1 Å². The molecule has 1 saturated heterocycles. The van der Waals surface area contributed by atoms with Gasteiger partial charge in [-0.2, -0.15) is 17.4 Å². The van der Waals surface area contributed by atoms with E-state index in [2.05, 4.69) is 23.6 Å². The second kappa shape index (κ2) is 7.58. The molecule has 1 aromatic rings. The summed E-state index contributed by atoms with van der Waals surface area (Å²) in [5, 5.41) is 0. The summed E-state index contributed by atoms with van der Waals surface area (Å²) in [7, 11) is -0.535. The number of amides is 1. The van der Waals surface area contributed by atoms with Crippen LogP contribution in [0.5, 0.6) is 0 Å². The van der Waals surface area contributed by atoms with Gasteiger partial charge in [0, 0.05) is 45.6 Å². The molecule has 0 aromatic carbocycles. The van der Waals surface area contributed by atoms with Gasteiger partial charge in [-0.15, -0.1) is 0 Å². The second-order valence-electron chi connectivity index (χ2n) is 6.76. The van der Waals surface area contributed by atoms with E-state index in [4.69, 9.17) is 0 Å². The van der Waals surface area contributed by atoms with E-state index in [1.54, 1.807) is 23.4 Å². The predicted molar refractivity (Wildman–Crippen MR) is 92.4 cm³/mol. The molecule has 2 atom stereocenters. The van der Waals surface area contributed by atoms with Gasteiger partial charge >= 0.3 is 0 Å². The van der Waals surface area contributed by atoms with Gasteiger partial charge in [0.05, 0.1) is 6.42 Å². The molecule has 2 heterocycles. The lowest BCUT2D eigenvalue weighted by molar-refractivity contribution is -0.129. The van der Waals surface area contributed by atoms with Crippen LogP contribution in [0.1, 0.15) is 19.4 Å². The Bertz CT molecular complexity index is 661. The van der Waals surface area contributed by atoms with Gasteiger partial charge in [0.15, 0.2) is 0 Å². The molecule has 1 fully saturated rings. The highest BCUT2D eigenvalue weighted by atomic mass is 32.2. The Labute approximate surface area is 144 Å². The number of pyridine rings is 1. The first-order chi connectivity index (χ1) is 11.2. The molecule has 1 aliphatic heterocycles. The summed E-state index contributed by atoms with van der Waals surface area (Å²) in [6, 6.07) is 3.40. The zero-order chi connectivity index (χ0) is 17.9. The van der Waals surface area contributed by atoms with Crippen molar-refractivity contribution in [1.29, 1.82) is 0 Å². The number of nitrogens with one attached hydrogen (secondary N) is 1. The van der Waals surface area contributed by atoms with Crippen molar-refractivity contribution < 1.29 is 13.2 Å². The van der Waals surface area contributed by atoms with Crippen LogP contribution >= 0.6 is 0 Å². The normalized spacial score (nSPS) is 21.7. The van der Waals surface area contributed by atoms with Gasteiger partial charge in [-0.05, 0) is 23.5 Å². The Hall–Kier alpha value is -1.51. The van der Waals surface area contributed by atoms with Crippen LogP contribution in [-0.2, 0) is 21.4 Å². The number of likely N-dealkylation sites (tertiary alicyclic amines) is 1. The van der Waals surface area contributed by atoms with Crippen molar-refractivity contribution in [1.82, 2.24) is 18.9 Å². The molecule has 0 aliphatic carbocycles. The molecule has 24 heavy (non-hydrogen) atoms. The summed E-state index contributed by atoms with van der Waals surface area (Å²) < 4.78 is 28.1. The van der Waals surface area contributed by atoms with E-state index in [1.807, 2.05) is 6.07 Å². The topological polar surface area (TPSA) is 82.6 Å². The van der Waals surface area contributed by atoms with Crippen molar-refractivity contribution in [2.45, 2.75) is 26.3 Å². The van der Waals surface area contributed by atoms with E-state index in [-0.39, 0.29) is 30.2 Å². The van der Waals surface area contributed by atoms with Crippen LogP contribution in [0.2, 0.25) is 0 Å². The molecule has 134 valence electrons. The fraction of sp³-hybridized carbons (Fsp3) is 0.625. The Balaban J connectivity index is 2.07. The third-order valence-corrected chi connectivity index (χ3v) is 6.00. The summed E-state index contributed by atoms with van der Waals surface area (Å²) in [5.74, 6) is 0.369. The van der Waals surface area contributed by atoms with E-state index < -0.39 is 10.2 Å². The van der Waals surface area contributed by atoms with Crippen molar-refractivity contribution in [2.24, 2.45) is 11.8 Å². The lowest BCUT2D eigenvalue weighted by Crippen LogP contribution is -2.46. The maximum absolute atomic E-state index is 12.5. The lowest BCUT2D eigenvalue weighted by atomic mass is 9.92. The highest BCUT2D eigenvalue weighted by molar-refractivity contribution is 7.87. The number of aromatic nitrogens is 1. The Morgan fingerprint density at radius 1 is 1.42 bits per heavy atom. The van der Waals surface area contributed by atoms with Crippen LogP contribution in [0.15, 0.2) is 24.5 Å². The summed E-state index contributed by atoms with van der Waals surface area (Å²) in [5.41, 5.74) is 0.862. The summed E-state index contributed by atoms with van der Waals surface area (Å²) in [6.07, 6.45) is 3.64. The van der Waals surface area contributed by atoms with Gasteiger partial charge in [-0.1, -0.05) is 19.9 Å². The minimum absolute atomic E-state index is 0.000186. The van der Waals surface area contributed by atoms with Crippen LogP contribution in [0.4, 0.5) is 0 Å². The molecular weight excluding hydrogens is 328 g/mol. The van der Waals surface area contributed by atoms with Crippen molar-refractivity contribution in [3.05, 3.63) is 30.1 Å². The number of hydrogen-bond acceptors (Lipinski definition) is 4. The number of carbonyl (C=O) groups excluding carboxylic acids is 1. The first-order valence-electron chi connectivity index (χ1n) is 8.07. The highest BCUT2D eigenvalue weighted by Crippen LogP contribution is 2.25. The van der Waals surface area contributed by atoms with E-state index in [0.717, 1.165) is 9.87 Å². The number of nitrogens with zero attached hydrogens (tertiary/aromatic N) is 3. The summed E-state index contributed by atoms with van der Waals surface area (Å²) >= 11 is 0. The zero-order valence-corrected chi connectivity index (χ0v) is 15.5. The average molecular weight is 354 g/mol. The molecule has 0 radical (unpaired) electrons. The van der Waals surface area contributed by atoms with Gasteiger partial charge in [0.25, 0.3) is 10.2 Å². The third-order valence-electron chi connectivity index (χ3n) is 4.43. The Morgan fingerprint density at radius 3 is 2.67 bits per heavy atom. The van der Waals surface area contributed by atoms with Gasteiger partial charge in [-0.3, -0.25) is 9.78 Å². The predicted octanol–water partition coefficient (Wildman–Crippen LogP) is 0.503. The molecule has 8 heteroatoms. The molecule has 0 bridgehead atoms. The third kappa shape index (κ3) is 4.52. The van der Waals surface area contributed by atoms with Crippen molar-refractivity contribution in [2.75, 3.05) is 27.2 Å². The van der Waals surface area contributed by atoms with Gasteiger partial charge < -0.3 is 4.90 Å². The number of rotatable bonds is 6. The van der Waals surface area contributed by atoms with Crippen LogP contribution in [0.25, 0.3) is 0 Å². The standard InChI is InChI=1S/C16H26N4O3S/c1-12(2)14-10-20(11-15(14)18-24(22,23)19(3)4)16(21)8-13-6-5-7-17-9-13/h5-7,9,12,14-15,18H,8,10-11H2,1-4H3/t14-,15+/m0/s1. The summed E-state index contributed by atoms with van der Waals surface area (Å²) in [6.45, 7) is 5.07. The van der Waals surface area contributed by atoms with Crippen LogP contribution in [-0.4, -0.2) is 61.7 Å². The van der Waals surface area contributed by atoms with Gasteiger partial charge in [0.1, 0.15) is 0 Å². The first kappa shape index (κ1) is 18.8. The minimum Gasteiger partial charge on any atom is -0.340 e. The second-order valence-corrected chi connectivity index (χ2v) is 8.67. The Morgan fingerprint density at radius 2 is 2.12 bits per heavy atom. The lowest BCUT2D eigenvalue weighted by Gasteiger charge is -2.24. The van der Waals surface area contributed by atoms with E-state index >= 15 is 0 Å². The van der Waals surface area contributed by atoms with Crippen LogP contribution < -0.4 is 4.72 Å². The molecule has 7 nitrogen and oxygen atoms in total. The minimum atomic E-state index is -3.52. The highest BCUT2D eigenvalue weighted by Gasteiger charge is 2.39. The molecule has 1 amide bonds. The molecule has 1 aromatic heterocycles. The van der Waals surface area contributed by atoms with Crippen molar-refractivity contribution in [3.63, 3.8) is 0 Å². The molecule has 0 spiro atoms. The average Bonchev–Trinajstić information content (AvgIpc) is 2.91. The molecular formula is C16H26N4O3S. The monoisotopic (exact) mass is 354 g/mol. The van der Waals surface area contributed by atoms with Crippen LogP contribution in [0, 0.1) is 11.8 Å². The molecule has 2 rings (SSSR count). The van der Waals surface area contributed by atoms with E-state index in [1.165, 1.54) is 14.1 Å². The maximum Gasteiger partial charge on any atom is 0.279 e. The zero-order valence-electron chi connectivity index (χ0n) is 14.6. The van der Waals surface area contributed by atoms with Crippen molar-refractivity contribution >= 4 is 16.1 Å². The quantitative estimate of drug-likeness (QED) is 0.807. The molecule has 0 saturated carbocycles. The number of hydrogen-bond donors (Lipinski definition) is 1. The smallest absolute Gasteiger partial charge is 0.279 e. The van der Waals surface area contributed by atoms with Gasteiger partial charge in [-0.25, -0.2) is 0 Å². The number of carbonyl (C=O) groups is 1. The fourth-order valence-electron chi connectivity index (χ4n) is 2.92. The summed E-state index contributed by atoms with van der Waals surface area (Å²) in [4.78, 5) is 18.3. The fourth-order valence-corrected chi connectivity index (χ4v) is 3.76. The van der Waals surface area contributed by atoms with Gasteiger partial charge in [0.2, 0.25) is 5.91 Å².